The number of carbonyl (C=O) groups is 1. The summed E-state index contributed by atoms with van der Waals surface area (Å²) in [5.74, 6) is -0.379. The fourth-order valence-corrected chi connectivity index (χ4v) is 2.73. The van der Waals surface area contributed by atoms with Crippen molar-refractivity contribution in [3.8, 4) is 0 Å². The first-order chi connectivity index (χ1) is 12.4. The minimum absolute atomic E-state index is 0.0476. The summed E-state index contributed by atoms with van der Waals surface area (Å²) < 4.78 is 3.61. The Morgan fingerprint density at radius 1 is 1.19 bits per heavy atom. The minimum atomic E-state index is -0.826. The zero-order valence-electron chi connectivity index (χ0n) is 14.4. The highest BCUT2D eigenvalue weighted by Gasteiger charge is 2.16. The Balaban J connectivity index is 1.76. The molecule has 0 bridgehead atoms. The highest BCUT2D eigenvalue weighted by Crippen LogP contribution is 2.10. The molecule has 1 unspecified atom stereocenters. The number of aliphatic hydroxyl groups excluding tert-OH is 1. The van der Waals surface area contributed by atoms with E-state index in [-0.39, 0.29) is 30.2 Å². The summed E-state index contributed by atoms with van der Waals surface area (Å²) in [7, 11) is 2.88. The standard InChI is InChI=1S/C17H19N5O4/c1-20-15-14(16(25)21(2)17(20)26)22(10-19-15)9-13(24)18-8-12(23)11-6-4-3-5-7-11/h3-7,10,12,23H,8-9H2,1-2H3,(H,18,24). The van der Waals surface area contributed by atoms with Gasteiger partial charge in [-0.3, -0.25) is 18.7 Å². The normalized spacial score (nSPS) is 12.3. The summed E-state index contributed by atoms with van der Waals surface area (Å²) >= 11 is 0. The number of hydrogen-bond acceptors (Lipinski definition) is 5. The number of amides is 1. The third-order valence-electron chi connectivity index (χ3n) is 4.21. The molecule has 0 radical (unpaired) electrons. The van der Waals surface area contributed by atoms with Crippen molar-refractivity contribution >= 4 is 17.1 Å². The first kappa shape index (κ1) is 17.6. The van der Waals surface area contributed by atoms with Crippen LogP contribution in [0.1, 0.15) is 11.7 Å². The van der Waals surface area contributed by atoms with E-state index in [2.05, 4.69) is 10.3 Å². The summed E-state index contributed by atoms with van der Waals surface area (Å²) in [6, 6.07) is 8.98. The Bertz CT molecular complexity index is 1060. The second kappa shape index (κ2) is 6.96. The van der Waals surface area contributed by atoms with Crippen molar-refractivity contribution in [2.75, 3.05) is 6.54 Å². The van der Waals surface area contributed by atoms with Crippen molar-refractivity contribution in [3.63, 3.8) is 0 Å². The van der Waals surface area contributed by atoms with E-state index in [9.17, 15) is 19.5 Å². The van der Waals surface area contributed by atoms with Crippen molar-refractivity contribution in [2.24, 2.45) is 14.1 Å². The van der Waals surface area contributed by atoms with Crippen LogP contribution in [-0.4, -0.2) is 36.2 Å². The van der Waals surface area contributed by atoms with E-state index in [1.165, 1.54) is 29.6 Å². The van der Waals surface area contributed by atoms with Crippen LogP contribution in [0.4, 0.5) is 0 Å². The fourth-order valence-electron chi connectivity index (χ4n) is 2.73. The highest BCUT2D eigenvalue weighted by molar-refractivity contribution is 5.78. The molecule has 1 amide bonds. The second-order valence-electron chi connectivity index (χ2n) is 5.98. The van der Waals surface area contributed by atoms with Gasteiger partial charge in [0.05, 0.1) is 12.4 Å². The van der Waals surface area contributed by atoms with Gasteiger partial charge in [0.1, 0.15) is 6.54 Å². The van der Waals surface area contributed by atoms with E-state index in [4.69, 9.17) is 0 Å². The Labute approximate surface area is 148 Å². The number of aromatic nitrogens is 4. The van der Waals surface area contributed by atoms with Gasteiger partial charge >= 0.3 is 5.69 Å². The zero-order chi connectivity index (χ0) is 18.8. The minimum Gasteiger partial charge on any atom is -0.387 e. The van der Waals surface area contributed by atoms with Crippen LogP contribution in [0.5, 0.6) is 0 Å². The third-order valence-corrected chi connectivity index (χ3v) is 4.21. The lowest BCUT2D eigenvalue weighted by Gasteiger charge is -2.12. The maximum atomic E-state index is 12.3. The second-order valence-corrected chi connectivity index (χ2v) is 5.98. The predicted molar refractivity (Wildman–Crippen MR) is 94.6 cm³/mol. The van der Waals surface area contributed by atoms with Gasteiger partial charge in [-0.15, -0.1) is 0 Å². The predicted octanol–water partition coefficient (Wildman–Crippen LogP) is -0.716. The SMILES string of the molecule is Cn1c(=O)c2c(ncn2CC(=O)NCC(O)c2ccccc2)n(C)c1=O. The van der Waals surface area contributed by atoms with Gasteiger partial charge < -0.3 is 15.0 Å². The van der Waals surface area contributed by atoms with E-state index in [1.807, 2.05) is 6.07 Å². The van der Waals surface area contributed by atoms with Gasteiger partial charge in [-0.1, -0.05) is 30.3 Å². The lowest BCUT2D eigenvalue weighted by Crippen LogP contribution is -2.38. The van der Waals surface area contributed by atoms with Crippen LogP contribution in [0.25, 0.3) is 11.2 Å². The van der Waals surface area contributed by atoms with Crippen LogP contribution in [0.3, 0.4) is 0 Å². The first-order valence-corrected chi connectivity index (χ1v) is 8.00. The number of imidazole rings is 1. The molecule has 2 N–H and O–H groups in total. The summed E-state index contributed by atoms with van der Waals surface area (Å²) in [6.45, 7) is -0.0998. The number of nitrogens with one attached hydrogen (secondary N) is 1. The molecule has 2 aromatic heterocycles. The molecule has 0 aliphatic carbocycles. The summed E-state index contributed by atoms with van der Waals surface area (Å²) in [4.78, 5) is 40.5. The van der Waals surface area contributed by atoms with Gasteiger partial charge in [0, 0.05) is 20.6 Å². The van der Waals surface area contributed by atoms with Crippen LogP contribution in [0.15, 0.2) is 46.2 Å². The molecule has 2 heterocycles. The van der Waals surface area contributed by atoms with Crippen LogP contribution < -0.4 is 16.6 Å². The number of rotatable bonds is 5. The Hall–Kier alpha value is -3.20. The van der Waals surface area contributed by atoms with Gasteiger partial charge in [0.2, 0.25) is 5.91 Å². The smallest absolute Gasteiger partial charge is 0.332 e. The van der Waals surface area contributed by atoms with Gasteiger partial charge in [-0.25, -0.2) is 9.78 Å². The van der Waals surface area contributed by atoms with Gasteiger partial charge in [-0.05, 0) is 5.56 Å². The number of carbonyl (C=O) groups excluding carboxylic acids is 1. The summed E-state index contributed by atoms with van der Waals surface area (Å²) in [6.07, 6.45) is 0.520. The van der Waals surface area contributed by atoms with Crippen molar-refractivity contribution in [1.82, 2.24) is 24.0 Å². The Morgan fingerprint density at radius 2 is 1.88 bits per heavy atom. The Kier molecular flexibility index (Phi) is 4.72. The van der Waals surface area contributed by atoms with E-state index >= 15 is 0 Å². The number of benzene rings is 1. The van der Waals surface area contributed by atoms with Crippen molar-refractivity contribution in [3.05, 3.63) is 63.1 Å². The van der Waals surface area contributed by atoms with Crippen molar-refractivity contribution < 1.29 is 9.90 Å². The van der Waals surface area contributed by atoms with Gasteiger partial charge in [-0.2, -0.15) is 0 Å². The largest absolute Gasteiger partial charge is 0.387 e. The van der Waals surface area contributed by atoms with Crippen molar-refractivity contribution in [2.45, 2.75) is 12.6 Å². The molecule has 3 rings (SSSR count). The molecule has 9 heteroatoms. The average Bonchev–Trinajstić information content (AvgIpc) is 3.07. The molecule has 0 spiro atoms. The van der Waals surface area contributed by atoms with E-state index < -0.39 is 17.4 Å². The van der Waals surface area contributed by atoms with Crippen LogP contribution in [0, 0.1) is 0 Å². The number of hydrogen-bond donors (Lipinski definition) is 2. The van der Waals surface area contributed by atoms with Crippen LogP contribution >= 0.6 is 0 Å². The molecule has 9 nitrogen and oxygen atoms in total. The lowest BCUT2D eigenvalue weighted by atomic mass is 10.1. The molecule has 0 saturated carbocycles. The molecule has 0 aliphatic rings. The third kappa shape index (κ3) is 3.16. The Morgan fingerprint density at radius 3 is 2.58 bits per heavy atom. The molecular weight excluding hydrogens is 338 g/mol. The molecule has 1 atom stereocenters. The van der Waals surface area contributed by atoms with E-state index in [0.29, 0.717) is 5.56 Å². The monoisotopic (exact) mass is 357 g/mol. The van der Waals surface area contributed by atoms with Crippen molar-refractivity contribution in [1.29, 1.82) is 0 Å². The fraction of sp³-hybridized carbons (Fsp3) is 0.294. The van der Waals surface area contributed by atoms with Crippen LogP contribution in [0.2, 0.25) is 0 Å². The first-order valence-electron chi connectivity index (χ1n) is 8.00. The van der Waals surface area contributed by atoms with E-state index in [0.717, 1.165) is 4.57 Å². The molecule has 26 heavy (non-hydrogen) atoms. The molecule has 0 saturated heterocycles. The molecule has 3 aromatic rings. The van der Waals surface area contributed by atoms with E-state index in [1.54, 1.807) is 24.3 Å². The maximum absolute atomic E-state index is 12.3. The number of nitrogens with zero attached hydrogens (tertiary/aromatic N) is 4. The summed E-state index contributed by atoms with van der Waals surface area (Å²) in [5, 5.41) is 12.7. The zero-order valence-corrected chi connectivity index (χ0v) is 14.4. The van der Waals surface area contributed by atoms with Crippen LogP contribution in [-0.2, 0) is 25.4 Å². The lowest BCUT2D eigenvalue weighted by molar-refractivity contribution is -0.122. The summed E-state index contributed by atoms with van der Waals surface area (Å²) in [5.41, 5.74) is 0.0919. The molecule has 136 valence electrons. The molecule has 0 fully saturated rings. The topological polar surface area (TPSA) is 111 Å². The number of fused-ring (bicyclic) bond motifs is 1. The average molecular weight is 357 g/mol. The van der Waals surface area contributed by atoms with Gasteiger partial charge in [0.15, 0.2) is 11.2 Å². The quantitative estimate of drug-likeness (QED) is 0.626. The number of aryl methyl sites for hydroxylation is 1. The van der Waals surface area contributed by atoms with Gasteiger partial charge in [0.25, 0.3) is 5.56 Å². The molecular formula is C17H19N5O4. The highest BCUT2D eigenvalue weighted by atomic mass is 16.3. The number of aliphatic hydroxyl groups is 1. The molecule has 1 aromatic carbocycles. The molecule has 0 aliphatic heterocycles. The maximum Gasteiger partial charge on any atom is 0.332 e.